The molecule has 0 aliphatic carbocycles. The van der Waals surface area contributed by atoms with E-state index in [0.717, 1.165) is 21.1 Å². The summed E-state index contributed by atoms with van der Waals surface area (Å²) in [5.74, 6) is 0.517. The van der Waals surface area contributed by atoms with Gasteiger partial charge in [0.1, 0.15) is 16.4 Å². The quantitative estimate of drug-likeness (QED) is 0.364. The summed E-state index contributed by atoms with van der Waals surface area (Å²) in [7, 11) is 0. The Labute approximate surface area is 189 Å². The molecule has 0 unspecified atom stereocenters. The smallest absolute Gasteiger partial charge is 0.335 e. The van der Waals surface area contributed by atoms with Gasteiger partial charge in [-0.25, -0.2) is 9.78 Å². The minimum Gasteiger partial charge on any atom is -0.494 e. The van der Waals surface area contributed by atoms with Gasteiger partial charge in [-0.1, -0.05) is 44.2 Å². The molecule has 0 atom stereocenters. The van der Waals surface area contributed by atoms with Gasteiger partial charge in [0, 0.05) is 17.3 Å². The van der Waals surface area contributed by atoms with Crippen LogP contribution in [0.2, 0.25) is 0 Å². The number of hydrogen-bond donors (Lipinski definition) is 1. The van der Waals surface area contributed by atoms with Crippen molar-refractivity contribution in [3.63, 3.8) is 0 Å². The maximum absolute atomic E-state index is 13.3. The molecule has 0 aliphatic rings. The highest BCUT2D eigenvalue weighted by Crippen LogP contribution is 2.31. The number of thiophene rings is 1. The molecule has 32 heavy (non-hydrogen) atoms. The van der Waals surface area contributed by atoms with E-state index >= 15 is 0 Å². The molecule has 0 saturated carbocycles. The lowest BCUT2D eigenvalue weighted by Crippen LogP contribution is -2.26. The Morgan fingerprint density at radius 2 is 1.84 bits per heavy atom. The second kappa shape index (κ2) is 9.36. The third kappa shape index (κ3) is 4.57. The summed E-state index contributed by atoms with van der Waals surface area (Å²) < 4.78 is 7.48. The number of ether oxygens (including phenoxy) is 1. The van der Waals surface area contributed by atoms with Gasteiger partial charge in [0.2, 0.25) is 0 Å². The predicted octanol–water partition coefficient (Wildman–Crippen LogP) is 5.42. The second-order valence-electron chi connectivity index (χ2n) is 7.81. The normalized spacial score (nSPS) is 11.2. The number of benzene rings is 2. The van der Waals surface area contributed by atoms with E-state index in [1.165, 1.54) is 12.1 Å². The molecule has 164 valence electrons. The summed E-state index contributed by atoms with van der Waals surface area (Å²) in [4.78, 5) is 30.9. The fraction of sp³-hybridized carbons (Fsp3) is 0.240. The average Bonchev–Trinajstić information content (AvgIpc) is 3.23. The number of carbonyl (C=O) groups is 1. The van der Waals surface area contributed by atoms with Crippen LogP contribution in [0.4, 0.5) is 0 Å². The van der Waals surface area contributed by atoms with Gasteiger partial charge in [0.05, 0.1) is 17.6 Å². The highest BCUT2D eigenvalue weighted by molar-refractivity contribution is 7.21. The first kappa shape index (κ1) is 21.8. The number of carboxylic acid groups (broad SMARTS) is 1. The zero-order chi connectivity index (χ0) is 22.7. The minimum atomic E-state index is -0.969. The number of carboxylic acids is 1. The Kier molecular flexibility index (Phi) is 6.37. The summed E-state index contributed by atoms with van der Waals surface area (Å²) >= 11 is 1.54. The number of nitrogens with zero attached hydrogens (tertiary/aromatic N) is 2. The molecule has 4 aromatic rings. The maximum Gasteiger partial charge on any atom is 0.335 e. The molecule has 2 aromatic carbocycles. The van der Waals surface area contributed by atoms with Crippen molar-refractivity contribution in [3.8, 4) is 16.2 Å². The lowest BCUT2D eigenvalue weighted by atomic mass is 10.1. The molecule has 0 saturated heterocycles. The van der Waals surface area contributed by atoms with Gasteiger partial charge in [-0.15, -0.1) is 11.3 Å². The van der Waals surface area contributed by atoms with Gasteiger partial charge in [0.25, 0.3) is 5.56 Å². The van der Waals surface area contributed by atoms with E-state index in [0.29, 0.717) is 30.7 Å². The second-order valence-corrected chi connectivity index (χ2v) is 8.84. The van der Waals surface area contributed by atoms with E-state index in [1.54, 1.807) is 28.0 Å². The molecule has 2 heterocycles. The number of aromatic nitrogens is 2. The highest BCUT2D eigenvalue weighted by Gasteiger charge is 2.16. The fourth-order valence-electron chi connectivity index (χ4n) is 3.54. The van der Waals surface area contributed by atoms with Crippen molar-refractivity contribution >= 4 is 27.5 Å². The Balaban J connectivity index is 1.53. The zero-order valence-electron chi connectivity index (χ0n) is 17.9. The Morgan fingerprint density at radius 1 is 1.12 bits per heavy atom. The van der Waals surface area contributed by atoms with Crippen molar-refractivity contribution in [2.24, 2.45) is 0 Å². The first-order valence-electron chi connectivity index (χ1n) is 10.5. The van der Waals surface area contributed by atoms with E-state index in [9.17, 15) is 9.59 Å². The van der Waals surface area contributed by atoms with Crippen molar-refractivity contribution < 1.29 is 14.6 Å². The van der Waals surface area contributed by atoms with Crippen LogP contribution in [0.1, 0.15) is 42.4 Å². The lowest BCUT2D eigenvalue weighted by molar-refractivity contribution is 0.0697. The minimum absolute atomic E-state index is 0.0251. The van der Waals surface area contributed by atoms with E-state index in [1.807, 2.05) is 50.2 Å². The first-order chi connectivity index (χ1) is 15.4. The molecule has 0 fully saturated rings. The van der Waals surface area contributed by atoms with Crippen LogP contribution in [0.5, 0.6) is 5.75 Å². The van der Waals surface area contributed by atoms with E-state index < -0.39 is 5.97 Å². The molecule has 0 radical (unpaired) electrons. The molecule has 6 nitrogen and oxygen atoms in total. The van der Waals surface area contributed by atoms with Gasteiger partial charge in [-0.3, -0.25) is 9.36 Å². The van der Waals surface area contributed by atoms with Crippen LogP contribution in [0.15, 0.2) is 65.5 Å². The van der Waals surface area contributed by atoms with Gasteiger partial charge in [-0.05, 0) is 42.3 Å². The van der Waals surface area contributed by atoms with Crippen molar-refractivity contribution in [2.75, 3.05) is 6.61 Å². The van der Waals surface area contributed by atoms with Gasteiger partial charge in [-0.2, -0.15) is 0 Å². The van der Waals surface area contributed by atoms with E-state index in [-0.39, 0.29) is 17.0 Å². The maximum atomic E-state index is 13.3. The largest absolute Gasteiger partial charge is 0.494 e. The molecule has 0 bridgehead atoms. The molecule has 0 amide bonds. The SMILES string of the molecule is CC(C)c1nc2sc(-c3ccccc3)cc2c(=O)n1CCCOc1ccc(C(=O)O)cc1. The van der Waals surface area contributed by atoms with Crippen LogP contribution in [0, 0.1) is 0 Å². The highest BCUT2D eigenvalue weighted by atomic mass is 32.1. The van der Waals surface area contributed by atoms with Crippen LogP contribution in [0.25, 0.3) is 20.7 Å². The van der Waals surface area contributed by atoms with Crippen LogP contribution < -0.4 is 10.3 Å². The molecule has 0 spiro atoms. The predicted molar refractivity (Wildman–Crippen MR) is 127 cm³/mol. The van der Waals surface area contributed by atoms with Crippen molar-refractivity contribution in [1.29, 1.82) is 0 Å². The van der Waals surface area contributed by atoms with Crippen molar-refractivity contribution in [3.05, 3.63) is 82.4 Å². The number of rotatable bonds is 8. The Morgan fingerprint density at radius 3 is 2.50 bits per heavy atom. The van der Waals surface area contributed by atoms with Crippen LogP contribution in [-0.4, -0.2) is 27.2 Å². The number of aromatic carboxylic acids is 1. The summed E-state index contributed by atoms with van der Waals surface area (Å²) in [6.45, 7) is 4.99. The number of fused-ring (bicyclic) bond motifs is 1. The molecular weight excluding hydrogens is 424 g/mol. The topological polar surface area (TPSA) is 81.4 Å². The van der Waals surface area contributed by atoms with Gasteiger partial charge < -0.3 is 9.84 Å². The van der Waals surface area contributed by atoms with Gasteiger partial charge in [0.15, 0.2) is 0 Å². The first-order valence-corrected chi connectivity index (χ1v) is 11.3. The monoisotopic (exact) mass is 448 g/mol. The summed E-state index contributed by atoms with van der Waals surface area (Å²) in [6, 6.07) is 18.3. The van der Waals surface area contributed by atoms with E-state index in [2.05, 4.69) is 0 Å². The molecule has 7 heteroatoms. The Bertz CT molecular complexity index is 1290. The molecule has 1 N–H and O–H groups in total. The Hall–Kier alpha value is -3.45. The van der Waals surface area contributed by atoms with Crippen LogP contribution >= 0.6 is 11.3 Å². The fourth-order valence-corrected chi connectivity index (χ4v) is 4.57. The molecule has 2 aromatic heterocycles. The lowest BCUT2D eigenvalue weighted by Gasteiger charge is -2.15. The number of hydrogen-bond acceptors (Lipinski definition) is 5. The zero-order valence-corrected chi connectivity index (χ0v) is 18.8. The van der Waals surface area contributed by atoms with Gasteiger partial charge >= 0.3 is 5.97 Å². The van der Waals surface area contributed by atoms with Crippen molar-refractivity contribution in [2.45, 2.75) is 32.7 Å². The average molecular weight is 449 g/mol. The summed E-state index contributed by atoms with van der Waals surface area (Å²) in [5, 5.41) is 9.62. The summed E-state index contributed by atoms with van der Waals surface area (Å²) in [5.41, 5.74) is 1.27. The molecule has 0 aliphatic heterocycles. The molecular formula is C25H24N2O4S. The van der Waals surface area contributed by atoms with Crippen molar-refractivity contribution in [1.82, 2.24) is 9.55 Å². The van der Waals surface area contributed by atoms with Crippen LogP contribution in [-0.2, 0) is 6.54 Å². The van der Waals surface area contributed by atoms with E-state index in [4.69, 9.17) is 14.8 Å². The molecule has 4 rings (SSSR count). The van der Waals surface area contributed by atoms with Crippen LogP contribution in [0.3, 0.4) is 0 Å². The summed E-state index contributed by atoms with van der Waals surface area (Å²) in [6.07, 6.45) is 0.628. The standard InChI is InChI=1S/C25H24N2O4S/c1-16(2)22-26-23-20(15-21(32-23)17-7-4-3-5-8-17)24(28)27(22)13-6-14-31-19-11-9-18(10-12-19)25(29)30/h3-5,7-12,15-16H,6,13-14H2,1-2H3,(H,29,30). The third-order valence-corrected chi connectivity index (χ3v) is 6.23. The third-order valence-electron chi connectivity index (χ3n) is 5.15.